The van der Waals surface area contributed by atoms with Crippen molar-refractivity contribution in [2.75, 3.05) is 0 Å². The average Bonchev–Trinajstić information content (AvgIpc) is 2.31. The van der Waals surface area contributed by atoms with Crippen LogP contribution in [0.1, 0.15) is 4.88 Å². The molecule has 11 heavy (non-hydrogen) atoms. The van der Waals surface area contributed by atoms with Crippen molar-refractivity contribution in [2.45, 2.75) is 6.92 Å². The van der Waals surface area contributed by atoms with Crippen LogP contribution in [-0.4, -0.2) is 4.98 Å². The molecule has 0 saturated heterocycles. The number of pyridine rings is 1. The molecule has 0 aliphatic carbocycles. The zero-order valence-electron chi connectivity index (χ0n) is 6.05. The molecule has 0 unspecified atom stereocenters. The number of H-pyrrole nitrogens is 1. The third kappa shape index (κ3) is 0.973. The fourth-order valence-electron chi connectivity index (χ4n) is 1.11. The number of thiophene rings is 1. The van der Waals surface area contributed by atoms with Gasteiger partial charge in [-0.1, -0.05) is 0 Å². The molecule has 0 aliphatic rings. The van der Waals surface area contributed by atoms with Gasteiger partial charge in [0.1, 0.15) is 0 Å². The standard InChI is InChI=1S/C8H7NOS/c1-5-4-6-2-3-9-8(10)7(6)11-5/h2-4H,1H3,(H,9,10). The Morgan fingerprint density at radius 1 is 1.55 bits per heavy atom. The number of nitrogens with one attached hydrogen (secondary N) is 1. The molecule has 0 saturated carbocycles. The monoisotopic (exact) mass is 165 g/mol. The summed E-state index contributed by atoms with van der Waals surface area (Å²) in [6, 6.07) is 3.94. The molecular formula is C8H7NOS. The van der Waals surface area contributed by atoms with Crippen LogP contribution in [0.2, 0.25) is 0 Å². The molecule has 0 radical (unpaired) electrons. The van der Waals surface area contributed by atoms with Gasteiger partial charge in [-0.15, -0.1) is 11.3 Å². The summed E-state index contributed by atoms with van der Waals surface area (Å²) in [7, 11) is 0. The van der Waals surface area contributed by atoms with Crippen molar-refractivity contribution in [2.24, 2.45) is 0 Å². The predicted octanol–water partition coefficient (Wildman–Crippen LogP) is 1.90. The number of aromatic amines is 1. The summed E-state index contributed by atoms with van der Waals surface area (Å²) < 4.78 is 0.824. The molecular weight excluding hydrogens is 158 g/mol. The second kappa shape index (κ2) is 2.20. The Labute approximate surface area is 67.5 Å². The highest BCUT2D eigenvalue weighted by Crippen LogP contribution is 2.20. The van der Waals surface area contributed by atoms with Gasteiger partial charge in [0.05, 0.1) is 4.70 Å². The Kier molecular flexibility index (Phi) is 1.32. The molecule has 3 heteroatoms. The smallest absolute Gasteiger partial charge is 0.265 e. The molecule has 0 aromatic carbocycles. The van der Waals surface area contributed by atoms with Crippen LogP contribution in [0.15, 0.2) is 23.1 Å². The van der Waals surface area contributed by atoms with Gasteiger partial charge in [-0.2, -0.15) is 0 Å². The topological polar surface area (TPSA) is 32.9 Å². The van der Waals surface area contributed by atoms with Gasteiger partial charge in [0.2, 0.25) is 0 Å². The van der Waals surface area contributed by atoms with Crippen molar-refractivity contribution in [3.63, 3.8) is 0 Å². The molecule has 0 fully saturated rings. The second-order valence-corrected chi connectivity index (χ2v) is 3.70. The van der Waals surface area contributed by atoms with E-state index in [1.54, 1.807) is 6.20 Å². The Hall–Kier alpha value is -1.09. The molecule has 0 spiro atoms. The fraction of sp³-hybridized carbons (Fsp3) is 0.125. The fourth-order valence-corrected chi connectivity index (χ4v) is 2.01. The number of aromatic nitrogens is 1. The lowest BCUT2D eigenvalue weighted by molar-refractivity contribution is 1.29. The van der Waals surface area contributed by atoms with Gasteiger partial charge in [0, 0.05) is 11.1 Å². The van der Waals surface area contributed by atoms with Gasteiger partial charge < -0.3 is 4.98 Å². The quantitative estimate of drug-likeness (QED) is 0.635. The number of hydrogen-bond donors (Lipinski definition) is 1. The van der Waals surface area contributed by atoms with Gasteiger partial charge in [-0.25, -0.2) is 0 Å². The third-order valence-electron chi connectivity index (χ3n) is 1.57. The Balaban J connectivity index is 3.02. The van der Waals surface area contributed by atoms with Crippen LogP contribution in [-0.2, 0) is 0 Å². The SMILES string of the molecule is Cc1cc2cc[nH]c(=O)c2s1. The van der Waals surface area contributed by atoms with Crippen LogP contribution in [0.25, 0.3) is 10.1 Å². The molecule has 1 N–H and O–H groups in total. The summed E-state index contributed by atoms with van der Waals surface area (Å²) >= 11 is 1.53. The maximum absolute atomic E-state index is 11.1. The van der Waals surface area contributed by atoms with Crippen molar-refractivity contribution in [3.8, 4) is 0 Å². The van der Waals surface area contributed by atoms with E-state index in [0.717, 1.165) is 10.1 Å². The molecule has 2 heterocycles. The Morgan fingerprint density at radius 2 is 2.36 bits per heavy atom. The summed E-state index contributed by atoms with van der Waals surface area (Å²) in [6.07, 6.45) is 1.68. The van der Waals surface area contributed by atoms with E-state index in [1.807, 2.05) is 19.1 Å². The van der Waals surface area contributed by atoms with Crippen LogP contribution in [0.5, 0.6) is 0 Å². The summed E-state index contributed by atoms with van der Waals surface area (Å²) in [4.78, 5) is 15.0. The molecule has 56 valence electrons. The minimum absolute atomic E-state index is 0.0144. The molecule has 2 nitrogen and oxygen atoms in total. The van der Waals surface area contributed by atoms with E-state index in [2.05, 4.69) is 4.98 Å². The van der Waals surface area contributed by atoms with Gasteiger partial charge >= 0.3 is 0 Å². The summed E-state index contributed by atoms with van der Waals surface area (Å²) in [5.41, 5.74) is 0.0144. The summed E-state index contributed by atoms with van der Waals surface area (Å²) in [5.74, 6) is 0. The number of rotatable bonds is 0. The van der Waals surface area contributed by atoms with Crippen LogP contribution in [0, 0.1) is 6.92 Å². The van der Waals surface area contributed by atoms with Crippen molar-refractivity contribution >= 4 is 21.4 Å². The van der Waals surface area contributed by atoms with Gasteiger partial charge in [-0.05, 0) is 24.4 Å². The lowest BCUT2D eigenvalue weighted by atomic mass is 10.3. The zero-order chi connectivity index (χ0) is 7.84. The number of fused-ring (bicyclic) bond motifs is 1. The molecule has 0 amide bonds. The first-order chi connectivity index (χ1) is 5.27. The molecule has 2 aromatic heterocycles. The third-order valence-corrected chi connectivity index (χ3v) is 2.63. The van der Waals surface area contributed by atoms with E-state index in [-0.39, 0.29) is 5.56 Å². The van der Waals surface area contributed by atoms with Gasteiger partial charge in [0.25, 0.3) is 5.56 Å². The Bertz CT molecular complexity index is 441. The maximum atomic E-state index is 11.1. The largest absolute Gasteiger partial charge is 0.328 e. The minimum atomic E-state index is 0.0144. The highest BCUT2D eigenvalue weighted by Gasteiger charge is 1.99. The Morgan fingerprint density at radius 3 is 3.09 bits per heavy atom. The summed E-state index contributed by atoms with van der Waals surface area (Å²) in [6.45, 7) is 2.00. The molecule has 2 aromatic rings. The molecule has 2 rings (SSSR count). The highest BCUT2D eigenvalue weighted by atomic mass is 32.1. The summed E-state index contributed by atoms with van der Waals surface area (Å²) in [5, 5.41) is 1.04. The van der Waals surface area contributed by atoms with E-state index in [9.17, 15) is 4.79 Å². The van der Waals surface area contributed by atoms with Crippen molar-refractivity contribution in [1.82, 2.24) is 4.98 Å². The van der Waals surface area contributed by atoms with E-state index in [4.69, 9.17) is 0 Å². The normalized spacial score (nSPS) is 10.6. The van der Waals surface area contributed by atoms with E-state index in [1.165, 1.54) is 16.2 Å². The van der Waals surface area contributed by atoms with Crippen molar-refractivity contribution in [3.05, 3.63) is 33.6 Å². The maximum Gasteiger partial charge on any atom is 0.265 e. The average molecular weight is 165 g/mol. The number of aryl methyl sites for hydroxylation is 1. The second-order valence-electron chi connectivity index (χ2n) is 2.45. The van der Waals surface area contributed by atoms with Gasteiger partial charge in [0.15, 0.2) is 0 Å². The van der Waals surface area contributed by atoms with Crippen LogP contribution in [0.3, 0.4) is 0 Å². The predicted molar refractivity (Wildman–Crippen MR) is 47.2 cm³/mol. The first-order valence-corrected chi connectivity index (χ1v) is 4.17. The minimum Gasteiger partial charge on any atom is -0.328 e. The lowest BCUT2D eigenvalue weighted by Crippen LogP contribution is -2.01. The van der Waals surface area contributed by atoms with Crippen LogP contribution < -0.4 is 5.56 Å². The van der Waals surface area contributed by atoms with E-state index >= 15 is 0 Å². The van der Waals surface area contributed by atoms with E-state index in [0.29, 0.717) is 0 Å². The van der Waals surface area contributed by atoms with Gasteiger partial charge in [-0.3, -0.25) is 4.79 Å². The van der Waals surface area contributed by atoms with Crippen LogP contribution in [0.4, 0.5) is 0 Å². The number of hydrogen-bond acceptors (Lipinski definition) is 2. The first kappa shape index (κ1) is 6.61. The molecule has 0 aliphatic heterocycles. The van der Waals surface area contributed by atoms with Crippen molar-refractivity contribution in [1.29, 1.82) is 0 Å². The van der Waals surface area contributed by atoms with Crippen molar-refractivity contribution < 1.29 is 0 Å². The molecule has 0 atom stereocenters. The van der Waals surface area contributed by atoms with E-state index < -0.39 is 0 Å². The highest BCUT2D eigenvalue weighted by molar-refractivity contribution is 7.18. The zero-order valence-corrected chi connectivity index (χ0v) is 6.87. The molecule has 0 bridgehead atoms. The lowest BCUT2D eigenvalue weighted by Gasteiger charge is -1.83. The first-order valence-electron chi connectivity index (χ1n) is 3.35. The van der Waals surface area contributed by atoms with Crippen LogP contribution >= 0.6 is 11.3 Å².